The molecule has 2 rings (SSSR count). The molecular formula is C14H16F2O4. The lowest BCUT2D eigenvalue weighted by atomic mass is 9.93. The average molecular weight is 286 g/mol. The van der Waals surface area contributed by atoms with Crippen molar-refractivity contribution in [2.45, 2.75) is 39.1 Å². The van der Waals surface area contributed by atoms with Gasteiger partial charge in [0, 0.05) is 12.0 Å². The van der Waals surface area contributed by atoms with Crippen LogP contribution in [0.3, 0.4) is 0 Å². The minimum atomic E-state index is -2.90. The molecule has 0 amide bonds. The molecule has 1 aromatic rings. The van der Waals surface area contributed by atoms with Crippen LogP contribution in [0.2, 0.25) is 0 Å². The highest BCUT2D eigenvalue weighted by molar-refractivity contribution is 5.78. The lowest BCUT2D eigenvalue weighted by molar-refractivity contribution is -0.162. The van der Waals surface area contributed by atoms with E-state index in [-0.39, 0.29) is 18.5 Å². The van der Waals surface area contributed by atoms with Gasteiger partial charge in [-0.3, -0.25) is 0 Å². The number of fused-ring (bicyclic) bond motifs is 1. The second-order valence-electron chi connectivity index (χ2n) is 4.49. The number of carbonyl (C=O) groups excluding carboxylic acids is 1. The number of alkyl halides is 2. The smallest absolute Gasteiger partial charge is 0.387 e. The van der Waals surface area contributed by atoms with Crippen molar-refractivity contribution in [2.75, 3.05) is 6.61 Å². The fourth-order valence-electron chi connectivity index (χ4n) is 2.29. The van der Waals surface area contributed by atoms with Crippen molar-refractivity contribution < 1.29 is 27.8 Å². The summed E-state index contributed by atoms with van der Waals surface area (Å²) in [6.07, 6.45) is -0.761. The van der Waals surface area contributed by atoms with Crippen LogP contribution < -0.4 is 4.74 Å². The Labute approximate surface area is 115 Å². The zero-order valence-electron chi connectivity index (χ0n) is 11.3. The van der Waals surface area contributed by atoms with Crippen molar-refractivity contribution in [3.63, 3.8) is 0 Å². The number of benzene rings is 1. The zero-order valence-corrected chi connectivity index (χ0v) is 11.3. The first-order valence-electron chi connectivity index (χ1n) is 6.41. The maximum atomic E-state index is 12.4. The molecule has 0 fully saturated rings. The van der Waals surface area contributed by atoms with Gasteiger partial charge in [0.2, 0.25) is 0 Å². The highest BCUT2D eigenvalue weighted by atomic mass is 19.3. The molecule has 1 aromatic carbocycles. The Hall–Kier alpha value is -1.69. The first-order chi connectivity index (χ1) is 9.52. The van der Waals surface area contributed by atoms with Gasteiger partial charge in [-0.2, -0.15) is 8.78 Å². The van der Waals surface area contributed by atoms with E-state index in [1.54, 1.807) is 26.0 Å². The summed E-state index contributed by atoms with van der Waals surface area (Å²) in [5.41, 5.74) is 1.10. The van der Waals surface area contributed by atoms with Crippen molar-refractivity contribution in [3.05, 3.63) is 29.3 Å². The monoisotopic (exact) mass is 286 g/mol. The van der Waals surface area contributed by atoms with Crippen LogP contribution in [0, 0.1) is 0 Å². The van der Waals surface area contributed by atoms with Gasteiger partial charge < -0.3 is 14.2 Å². The van der Waals surface area contributed by atoms with Crippen molar-refractivity contribution in [1.82, 2.24) is 0 Å². The second kappa shape index (κ2) is 6.17. The van der Waals surface area contributed by atoms with E-state index in [9.17, 15) is 13.6 Å². The van der Waals surface area contributed by atoms with E-state index in [0.717, 1.165) is 0 Å². The number of ether oxygens (including phenoxy) is 3. The Morgan fingerprint density at radius 2 is 2.25 bits per heavy atom. The van der Waals surface area contributed by atoms with Crippen LogP contribution >= 0.6 is 0 Å². The summed E-state index contributed by atoms with van der Waals surface area (Å²) in [7, 11) is 0. The van der Waals surface area contributed by atoms with Crippen LogP contribution in [-0.2, 0) is 20.7 Å². The van der Waals surface area contributed by atoms with Gasteiger partial charge in [-0.25, -0.2) is 4.79 Å². The molecule has 0 bridgehead atoms. The molecule has 0 radical (unpaired) electrons. The summed E-state index contributed by atoms with van der Waals surface area (Å²) >= 11 is 0. The van der Waals surface area contributed by atoms with Gasteiger partial charge in [0.05, 0.1) is 12.7 Å². The van der Waals surface area contributed by atoms with Crippen LogP contribution in [0.25, 0.3) is 0 Å². The van der Waals surface area contributed by atoms with E-state index in [4.69, 9.17) is 9.47 Å². The summed E-state index contributed by atoms with van der Waals surface area (Å²) < 4.78 is 39.9. The molecule has 0 aliphatic carbocycles. The zero-order chi connectivity index (χ0) is 14.7. The van der Waals surface area contributed by atoms with Gasteiger partial charge in [0.25, 0.3) is 0 Å². The van der Waals surface area contributed by atoms with Crippen molar-refractivity contribution in [1.29, 1.82) is 0 Å². The number of halogens is 2. The molecule has 4 nitrogen and oxygen atoms in total. The third-order valence-corrected chi connectivity index (χ3v) is 3.03. The third-order valence-electron chi connectivity index (χ3n) is 3.03. The Bertz CT molecular complexity index is 490. The van der Waals surface area contributed by atoms with E-state index in [0.29, 0.717) is 17.5 Å². The van der Waals surface area contributed by atoms with Crippen LogP contribution in [0.15, 0.2) is 18.2 Å². The molecule has 1 unspecified atom stereocenters. The van der Waals surface area contributed by atoms with E-state index >= 15 is 0 Å². The predicted molar refractivity (Wildman–Crippen MR) is 66.7 cm³/mol. The Morgan fingerprint density at radius 1 is 1.50 bits per heavy atom. The van der Waals surface area contributed by atoms with Gasteiger partial charge in [0.15, 0.2) is 6.10 Å². The minimum absolute atomic E-state index is 0.0851. The molecule has 0 aromatic heterocycles. The van der Waals surface area contributed by atoms with Crippen molar-refractivity contribution in [2.24, 2.45) is 0 Å². The van der Waals surface area contributed by atoms with Crippen LogP contribution in [0.5, 0.6) is 5.75 Å². The van der Waals surface area contributed by atoms with E-state index in [1.165, 1.54) is 6.07 Å². The molecular weight excluding hydrogens is 270 g/mol. The SMILES string of the molecule is CCOC(=O)C1O[C@H](C)Cc2c(OC(F)F)cccc21. The largest absolute Gasteiger partial charge is 0.464 e. The van der Waals surface area contributed by atoms with Gasteiger partial charge in [-0.15, -0.1) is 0 Å². The van der Waals surface area contributed by atoms with Gasteiger partial charge in [-0.1, -0.05) is 12.1 Å². The summed E-state index contributed by atoms with van der Waals surface area (Å²) in [4.78, 5) is 11.9. The summed E-state index contributed by atoms with van der Waals surface area (Å²) in [6.45, 7) is 0.798. The van der Waals surface area contributed by atoms with Crippen LogP contribution in [-0.4, -0.2) is 25.3 Å². The fraction of sp³-hybridized carbons (Fsp3) is 0.500. The first kappa shape index (κ1) is 14.7. The molecule has 1 aliphatic heterocycles. The second-order valence-corrected chi connectivity index (χ2v) is 4.49. The highest BCUT2D eigenvalue weighted by Crippen LogP contribution is 2.36. The topological polar surface area (TPSA) is 44.8 Å². The van der Waals surface area contributed by atoms with E-state index in [1.807, 2.05) is 0 Å². The first-order valence-corrected chi connectivity index (χ1v) is 6.41. The fourth-order valence-corrected chi connectivity index (χ4v) is 2.29. The molecule has 110 valence electrons. The minimum Gasteiger partial charge on any atom is -0.464 e. The number of hydrogen-bond acceptors (Lipinski definition) is 4. The molecule has 20 heavy (non-hydrogen) atoms. The molecule has 0 N–H and O–H groups in total. The maximum Gasteiger partial charge on any atom is 0.387 e. The van der Waals surface area contributed by atoms with E-state index < -0.39 is 18.7 Å². The summed E-state index contributed by atoms with van der Waals surface area (Å²) in [5, 5.41) is 0. The summed E-state index contributed by atoms with van der Waals surface area (Å²) in [5.74, 6) is -0.434. The average Bonchev–Trinajstić information content (AvgIpc) is 2.38. The van der Waals surface area contributed by atoms with Crippen LogP contribution in [0.1, 0.15) is 31.1 Å². The summed E-state index contributed by atoms with van der Waals surface area (Å²) in [6, 6.07) is 4.69. The van der Waals surface area contributed by atoms with Crippen molar-refractivity contribution >= 4 is 5.97 Å². The van der Waals surface area contributed by atoms with E-state index in [2.05, 4.69) is 4.74 Å². The lowest BCUT2D eigenvalue weighted by Gasteiger charge is -2.30. The number of carbonyl (C=O) groups is 1. The Kier molecular flexibility index (Phi) is 4.54. The predicted octanol–water partition coefficient (Wildman–Crippen LogP) is 2.85. The normalized spacial score (nSPS) is 21.4. The standard InChI is InChI=1S/C14H16F2O4/c1-3-18-13(17)12-9-5-4-6-11(20-14(15)16)10(9)7-8(2)19-12/h4-6,8,12,14H,3,7H2,1-2H3/t8-,12?/m1/s1. The Morgan fingerprint density at radius 3 is 2.90 bits per heavy atom. The Balaban J connectivity index is 2.37. The quantitative estimate of drug-likeness (QED) is 0.798. The van der Waals surface area contributed by atoms with Gasteiger partial charge in [-0.05, 0) is 25.5 Å². The number of hydrogen-bond donors (Lipinski definition) is 0. The molecule has 2 atom stereocenters. The third kappa shape index (κ3) is 3.07. The van der Waals surface area contributed by atoms with Crippen LogP contribution in [0.4, 0.5) is 8.78 Å². The molecule has 0 saturated heterocycles. The molecule has 0 saturated carbocycles. The molecule has 1 heterocycles. The molecule has 0 spiro atoms. The van der Waals surface area contributed by atoms with Gasteiger partial charge >= 0.3 is 12.6 Å². The molecule has 1 aliphatic rings. The van der Waals surface area contributed by atoms with Gasteiger partial charge in [0.1, 0.15) is 5.75 Å². The number of esters is 1. The highest BCUT2D eigenvalue weighted by Gasteiger charge is 2.33. The number of rotatable bonds is 4. The maximum absolute atomic E-state index is 12.4. The molecule has 6 heteroatoms. The lowest BCUT2D eigenvalue weighted by Crippen LogP contribution is -2.30. The van der Waals surface area contributed by atoms with Crippen molar-refractivity contribution in [3.8, 4) is 5.75 Å².